The summed E-state index contributed by atoms with van der Waals surface area (Å²) in [5, 5.41) is 0. The van der Waals surface area contributed by atoms with E-state index in [1.54, 1.807) is 5.82 Å². The lowest BCUT2D eigenvalue weighted by atomic mass is 10.0. The topological polar surface area (TPSA) is 8.81 Å². The molecule has 1 aromatic heterocycles. The number of unbranched alkanes of at least 4 members (excludes halogenated alkanes) is 22. The van der Waals surface area contributed by atoms with Crippen LogP contribution in [-0.4, -0.2) is 4.57 Å². The Bertz CT molecular complexity index is 562. The van der Waals surface area contributed by atoms with Gasteiger partial charge >= 0.3 is 0 Å². The molecule has 0 amide bonds. The van der Waals surface area contributed by atoms with E-state index >= 15 is 0 Å². The third kappa shape index (κ3) is 18.5. The number of aryl methyl sites for hydroxylation is 2. The molecule has 0 radical (unpaired) electrons. The summed E-state index contributed by atoms with van der Waals surface area (Å²) in [5.41, 5.74) is 0. The first-order valence-corrected chi connectivity index (χ1v) is 16.9. The van der Waals surface area contributed by atoms with Crippen molar-refractivity contribution in [2.75, 3.05) is 0 Å². The van der Waals surface area contributed by atoms with Crippen LogP contribution < -0.4 is 4.57 Å². The van der Waals surface area contributed by atoms with Crippen LogP contribution in [0.1, 0.15) is 187 Å². The van der Waals surface area contributed by atoms with E-state index in [0.29, 0.717) is 0 Å². The molecule has 2 nitrogen and oxygen atoms in total. The van der Waals surface area contributed by atoms with Gasteiger partial charge in [0.1, 0.15) is 12.4 Å². The normalized spacial score (nSPS) is 11.5. The first-order chi connectivity index (χ1) is 17.8. The molecule has 212 valence electrons. The average molecular weight is 504 g/mol. The largest absolute Gasteiger partial charge is 0.256 e. The third-order valence-corrected chi connectivity index (χ3v) is 8.10. The molecule has 0 spiro atoms. The van der Waals surface area contributed by atoms with Crippen molar-refractivity contribution < 1.29 is 4.57 Å². The minimum Gasteiger partial charge on any atom is -0.234 e. The number of aromatic nitrogens is 2. The summed E-state index contributed by atoms with van der Waals surface area (Å²) in [6.45, 7) is 9.36. The van der Waals surface area contributed by atoms with E-state index in [1.807, 2.05) is 0 Å². The molecule has 0 atom stereocenters. The summed E-state index contributed by atoms with van der Waals surface area (Å²) in [7, 11) is 0. The second-order valence-electron chi connectivity index (χ2n) is 11.6. The minimum atomic E-state index is 1.21. The van der Waals surface area contributed by atoms with Gasteiger partial charge in [-0.1, -0.05) is 149 Å². The fraction of sp³-hybridized carbons (Fsp3) is 0.912. The lowest BCUT2D eigenvalue weighted by Crippen LogP contribution is -2.37. The molecule has 2 heteroatoms. The van der Waals surface area contributed by atoms with E-state index < -0.39 is 0 Å². The van der Waals surface area contributed by atoms with Crippen molar-refractivity contribution >= 4 is 0 Å². The molecule has 1 heterocycles. The van der Waals surface area contributed by atoms with Crippen molar-refractivity contribution in [2.24, 2.45) is 0 Å². The van der Waals surface area contributed by atoms with Crippen LogP contribution in [0.2, 0.25) is 0 Å². The molecule has 0 N–H and O–H groups in total. The van der Waals surface area contributed by atoms with Crippen LogP contribution in [0.4, 0.5) is 0 Å². The maximum atomic E-state index is 2.59. The first kappa shape index (κ1) is 33.2. The van der Waals surface area contributed by atoms with Crippen molar-refractivity contribution in [3.8, 4) is 0 Å². The molecule has 0 fully saturated rings. The smallest absolute Gasteiger partial charge is 0.234 e. The number of hydrogen-bond acceptors (Lipinski definition) is 0. The van der Waals surface area contributed by atoms with Crippen LogP contribution in [0.15, 0.2) is 12.4 Å². The molecule has 0 saturated heterocycles. The minimum absolute atomic E-state index is 1.21. The van der Waals surface area contributed by atoms with Crippen LogP contribution in [-0.2, 0) is 19.5 Å². The Labute approximate surface area is 228 Å². The SMILES string of the molecule is CCCCCCCCCCCCCCCCCCc1n(CCCCCCCC)cc[n+]1CCCCC. The summed E-state index contributed by atoms with van der Waals surface area (Å²) in [5.74, 6) is 1.60. The van der Waals surface area contributed by atoms with Gasteiger partial charge in [-0.15, -0.1) is 0 Å². The Morgan fingerprint density at radius 1 is 0.472 bits per heavy atom. The molecular formula is C34H67N2+. The zero-order chi connectivity index (χ0) is 25.9. The standard InChI is InChI=1S/C34H67N2/c1-4-7-10-12-14-15-16-17-18-19-20-21-22-23-24-26-29-34-35(30-27-9-6-3)32-33-36(34)31-28-25-13-11-8-5-2/h32-33H,4-31H2,1-3H3/q+1. The van der Waals surface area contributed by atoms with Crippen molar-refractivity contribution in [1.29, 1.82) is 0 Å². The van der Waals surface area contributed by atoms with Gasteiger partial charge in [-0.25, -0.2) is 9.13 Å². The van der Waals surface area contributed by atoms with Gasteiger partial charge in [-0.2, -0.15) is 0 Å². The van der Waals surface area contributed by atoms with Crippen molar-refractivity contribution in [3.63, 3.8) is 0 Å². The fourth-order valence-corrected chi connectivity index (χ4v) is 5.62. The van der Waals surface area contributed by atoms with Gasteiger partial charge in [0.05, 0.1) is 13.1 Å². The fourth-order valence-electron chi connectivity index (χ4n) is 5.62. The molecule has 0 aliphatic rings. The van der Waals surface area contributed by atoms with Crippen LogP contribution in [0.25, 0.3) is 0 Å². The highest BCUT2D eigenvalue weighted by molar-refractivity contribution is 4.84. The first-order valence-electron chi connectivity index (χ1n) is 16.9. The number of imidazole rings is 1. The molecule has 0 aliphatic carbocycles. The molecule has 0 bridgehead atoms. The van der Waals surface area contributed by atoms with Crippen LogP contribution in [0.5, 0.6) is 0 Å². The summed E-state index contributed by atoms with van der Waals surface area (Å²) in [4.78, 5) is 0. The Morgan fingerprint density at radius 3 is 1.33 bits per heavy atom. The molecule has 0 unspecified atom stereocenters. The zero-order valence-electron chi connectivity index (χ0n) is 25.3. The number of nitrogens with zero attached hydrogens (tertiary/aromatic N) is 2. The highest BCUT2D eigenvalue weighted by Crippen LogP contribution is 2.15. The zero-order valence-corrected chi connectivity index (χ0v) is 25.3. The molecule has 1 rings (SSSR count). The molecular weight excluding hydrogens is 436 g/mol. The van der Waals surface area contributed by atoms with Gasteiger partial charge in [0.2, 0.25) is 0 Å². The maximum absolute atomic E-state index is 2.59. The molecule has 36 heavy (non-hydrogen) atoms. The Kier molecular flexibility index (Phi) is 23.9. The summed E-state index contributed by atoms with van der Waals surface area (Å²) >= 11 is 0. The molecule has 0 aromatic carbocycles. The van der Waals surface area contributed by atoms with Crippen LogP contribution in [0.3, 0.4) is 0 Å². The summed E-state index contributed by atoms with van der Waals surface area (Å²) in [6, 6.07) is 0. The van der Waals surface area contributed by atoms with Gasteiger partial charge in [-0.3, -0.25) is 0 Å². The average Bonchev–Trinajstić information content (AvgIpc) is 3.27. The maximum Gasteiger partial charge on any atom is 0.256 e. The number of rotatable bonds is 28. The predicted octanol–water partition coefficient (Wildman–Crippen LogP) is 11.1. The molecule has 0 aliphatic heterocycles. The monoisotopic (exact) mass is 504 g/mol. The van der Waals surface area contributed by atoms with Gasteiger partial charge < -0.3 is 0 Å². The third-order valence-electron chi connectivity index (χ3n) is 8.10. The molecule has 0 saturated carbocycles. The highest BCUT2D eigenvalue weighted by Gasteiger charge is 2.16. The van der Waals surface area contributed by atoms with Crippen LogP contribution in [0, 0.1) is 0 Å². The van der Waals surface area contributed by atoms with E-state index in [-0.39, 0.29) is 0 Å². The van der Waals surface area contributed by atoms with E-state index in [1.165, 1.54) is 180 Å². The van der Waals surface area contributed by atoms with E-state index in [0.717, 1.165) is 0 Å². The van der Waals surface area contributed by atoms with Crippen LogP contribution >= 0.6 is 0 Å². The predicted molar refractivity (Wildman–Crippen MR) is 161 cm³/mol. The summed E-state index contributed by atoms with van der Waals surface area (Å²) < 4.78 is 5.18. The number of hydrogen-bond donors (Lipinski definition) is 0. The summed E-state index contributed by atoms with van der Waals surface area (Å²) in [6.07, 6.45) is 41.5. The molecule has 1 aromatic rings. The quantitative estimate of drug-likeness (QED) is 0.0794. The Morgan fingerprint density at radius 2 is 0.861 bits per heavy atom. The van der Waals surface area contributed by atoms with Crippen molar-refractivity contribution in [1.82, 2.24) is 4.57 Å². The second kappa shape index (κ2) is 25.8. The van der Waals surface area contributed by atoms with Gasteiger partial charge in [0, 0.05) is 6.42 Å². The Hall–Kier alpha value is -0.790. The van der Waals surface area contributed by atoms with E-state index in [9.17, 15) is 0 Å². The van der Waals surface area contributed by atoms with Crippen molar-refractivity contribution in [2.45, 2.75) is 201 Å². The van der Waals surface area contributed by atoms with Gasteiger partial charge in [0.15, 0.2) is 0 Å². The lowest BCUT2D eigenvalue weighted by molar-refractivity contribution is -0.704. The van der Waals surface area contributed by atoms with Gasteiger partial charge in [-0.05, 0) is 32.1 Å². The Balaban J connectivity index is 2.12. The second-order valence-corrected chi connectivity index (χ2v) is 11.6. The van der Waals surface area contributed by atoms with Crippen molar-refractivity contribution in [3.05, 3.63) is 18.2 Å². The van der Waals surface area contributed by atoms with Gasteiger partial charge in [0.25, 0.3) is 5.82 Å². The lowest BCUT2D eigenvalue weighted by Gasteiger charge is -2.07. The highest BCUT2D eigenvalue weighted by atomic mass is 15.1. The van der Waals surface area contributed by atoms with E-state index in [2.05, 4.69) is 42.3 Å². The van der Waals surface area contributed by atoms with E-state index in [4.69, 9.17) is 0 Å².